The molecule has 1 aliphatic carbocycles. The molecule has 0 aromatic heterocycles. The first-order valence-electron chi connectivity index (χ1n) is 7.14. The largest absolute Gasteiger partial charge is 0.493 e. The number of rotatable bonds is 6. The summed E-state index contributed by atoms with van der Waals surface area (Å²) in [6.07, 6.45) is 8.13. The SMILES string of the molecule is Nc1cccc(OCCC(=O)NCC2CC=CCC2)c1. The Bertz CT molecular complexity index is 471. The van der Waals surface area contributed by atoms with Crippen molar-refractivity contribution in [3.05, 3.63) is 36.4 Å². The van der Waals surface area contributed by atoms with Crippen LogP contribution in [0.1, 0.15) is 25.7 Å². The lowest BCUT2D eigenvalue weighted by molar-refractivity contribution is -0.121. The van der Waals surface area contributed by atoms with E-state index in [1.807, 2.05) is 12.1 Å². The molecule has 4 nitrogen and oxygen atoms in total. The van der Waals surface area contributed by atoms with E-state index >= 15 is 0 Å². The second-order valence-electron chi connectivity index (χ2n) is 5.13. The monoisotopic (exact) mass is 274 g/mol. The van der Waals surface area contributed by atoms with Crippen LogP contribution in [0.2, 0.25) is 0 Å². The third-order valence-corrected chi connectivity index (χ3v) is 3.42. The fraction of sp³-hybridized carbons (Fsp3) is 0.438. The van der Waals surface area contributed by atoms with Crippen molar-refractivity contribution in [2.75, 3.05) is 18.9 Å². The predicted molar refractivity (Wildman–Crippen MR) is 80.5 cm³/mol. The highest BCUT2D eigenvalue weighted by atomic mass is 16.5. The quantitative estimate of drug-likeness (QED) is 0.619. The average Bonchev–Trinajstić information content (AvgIpc) is 2.46. The molecule has 0 bridgehead atoms. The number of ether oxygens (including phenoxy) is 1. The highest BCUT2D eigenvalue weighted by Crippen LogP contribution is 2.17. The summed E-state index contributed by atoms with van der Waals surface area (Å²) in [5, 5.41) is 2.97. The van der Waals surface area contributed by atoms with Crippen LogP contribution >= 0.6 is 0 Å². The van der Waals surface area contributed by atoms with E-state index in [4.69, 9.17) is 10.5 Å². The highest BCUT2D eigenvalue weighted by Gasteiger charge is 2.11. The number of carbonyl (C=O) groups is 1. The maximum absolute atomic E-state index is 11.7. The van der Waals surface area contributed by atoms with Gasteiger partial charge in [0.25, 0.3) is 0 Å². The molecule has 20 heavy (non-hydrogen) atoms. The van der Waals surface area contributed by atoms with Gasteiger partial charge in [-0.2, -0.15) is 0 Å². The fourth-order valence-electron chi connectivity index (χ4n) is 2.25. The fourth-order valence-corrected chi connectivity index (χ4v) is 2.25. The van der Waals surface area contributed by atoms with Crippen molar-refractivity contribution in [3.63, 3.8) is 0 Å². The summed E-state index contributed by atoms with van der Waals surface area (Å²) >= 11 is 0. The summed E-state index contributed by atoms with van der Waals surface area (Å²) in [5.74, 6) is 1.33. The standard InChI is InChI=1S/C16H22N2O2/c17-14-7-4-8-15(11-14)20-10-9-16(19)18-12-13-5-2-1-3-6-13/h1-2,4,7-8,11,13H,3,5-6,9-10,12,17H2,(H,18,19). The van der Waals surface area contributed by atoms with Gasteiger partial charge >= 0.3 is 0 Å². The Labute approximate surface area is 120 Å². The van der Waals surface area contributed by atoms with Crippen LogP contribution in [0.5, 0.6) is 5.75 Å². The lowest BCUT2D eigenvalue weighted by atomic mass is 9.94. The van der Waals surface area contributed by atoms with Gasteiger partial charge in [-0.25, -0.2) is 0 Å². The molecule has 0 heterocycles. The third kappa shape index (κ3) is 4.96. The van der Waals surface area contributed by atoms with Crippen LogP contribution in [-0.4, -0.2) is 19.1 Å². The van der Waals surface area contributed by atoms with E-state index in [-0.39, 0.29) is 5.91 Å². The summed E-state index contributed by atoms with van der Waals surface area (Å²) < 4.78 is 5.50. The van der Waals surface area contributed by atoms with E-state index in [1.54, 1.807) is 12.1 Å². The summed E-state index contributed by atoms with van der Waals surface area (Å²) in [7, 11) is 0. The number of allylic oxidation sites excluding steroid dienone is 2. The van der Waals surface area contributed by atoms with E-state index in [9.17, 15) is 4.79 Å². The number of amides is 1. The summed E-state index contributed by atoms with van der Waals surface area (Å²) in [4.78, 5) is 11.7. The van der Waals surface area contributed by atoms with Gasteiger partial charge in [-0.1, -0.05) is 18.2 Å². The molecular weight excluding hydrogens is 252 g/mol. The van der Waals surface area contributed by atoms with Gasteiger partial charge in [0.1, 0.15) is 5.75 Å². The van der Waals surface area contributed by atoms with Crippen LogP contribution in [0.15, 0.2) is 36.4 Å². The maximum atomic E-state index is 11.7. The minimum absolute atomic E-state index is 0.0449. The van der Waals surface area contributed by atoms with Crippen LogP contribution < -0.4 is 15.8 Å². The number of nitrogens with one attached hydrogen (secondary N) is 1. The summed E-state index contributed by atoms with van der Waals surface area (Å²) in [5.41, 5.74) is 6.32. The van der Waals surface area contributed by atoms with Crippen LogP contribution in [0.3, 0.4) is 0 Å². The van der Waals surface area contributed by atoms with Crippen LogP contribution in [0.4, 0.5) is 5.69 Å². The minimum atomic E-state index is 0.0449. The minimum Gasteiger partial charge on any atom is -0.493 e. The Balaban J connectivity index is 1.61. The zero-order valence-corrected chi connectivity index (χ0v) is 11.7. The molecule has 2 rings (SSSR count). The van der Waals surface area contributed by atoms with Gasteiger partial charge in [0.15, 0.2) is 0 Å². The lowest BCUT2D eigenvalue weighted by Gasteiger charge is -2.18. The van der Waals surface area contributed by atoms with Gasteiger partial charge in [-0.05, 0) is 37.3 Å². The number of anilines is 1. The van der Waals surface area contributed by atoms with Crippen molar-refractivity contribution in [1.82, 2.24) is 5.32 Å². The van der Waals surface area contributed by atoms with Gasteiger partial charge in [0.05, 0.1) is 13.0 Å². The molecule has 108 valence electrons. The molecule has 4 heteroatoms. The molecule has 0 radical (unpaired) electrons. The maximum Gasteiger partial charge on any atom is 0.223 e. The zero-order valence-electron chi connectivity index (χ0n) is 11.7. The van der Waals surface area contributed by atoms with E-state index in [0.29, 0.717) is 30.4 Å². The first-order chi connectivity index (χ1) is 9.74. The Morgan fingerprint density at radius 3 is 3.05 bits per heavy atom. The number of hydrogen-bond acceptors (Lipinski definition) is 3. The molecule has 1 unspecified atom stereocenters. The highest BCUT2D eigenvalue weighted by molar-refractivity contribution is 5.76. The number of benzene rings is 1. The number of carbonyl (C=O) groups excluding carboxylic acids is 1. The van der Waals surface area contributed by atoms with Crippen LogP contribution in [-0.2, 0) is 4.79 Å². The Morgan fingerprint density at radius 2 is 2.30 bits per heavy atom. The van der Waals surface area contributed by atoms with Crippen molar-refractivity contribution in [3.8, 4) is 5.75 Å². The average molecular weight is 274 g/mol. The molecule has 1 aliphatic rings. The van der Waals surface area contributed by atoms with Crippen molar-refractivity contribution in [2.24, 2.45) is 5.92 Å². The zero-order chi connectivity index (χ0) is 14.2. The van der Waals surface area contributed by atoms with Crippen molar-refractivity contribution in [2.45, 2.75) is 25.7 Å². The first kappa shape index (κ1) is 14.4. The molecule has 1 aromatic rings. The predicted octanol–water partition coefficient (Wildman–Crippen LogP) is 2.51. The second-order valence-corrected chi connectivity index (χ2v) is 5.13. The normalized spacial score (nSPS) is 17.7. The first-order valence-corrected chi connectivity index (χ1v) is 7.14. The van der Waals surface area contributed by atoms with E-state index < -0.39 is 0 Å². The van der Waals surface area contributed by atoms with Crippen LogP contribution in [0, 0.1) is 5.92 Å². The molecule has 1 aromatic carbocycles. The Morgan fingerprint density at radius 1 is 1.40 bits per heavy atom. The molecule has 0 fully saturated rings. The topological polar surface area (TPSA) is 64.3 Å². The van der Waals surface area contributed by atoms with Crippen molar-refractivity contribution in [1.29, 1.82) is 0 Å². The molecule has 1 amide bonds. The number of nitrogens with two attached hydrogens (primary N) is 1. The molecule has 0 saturated heterocycles. The Kier molecular flexibility index (Phi) is 5.47. The van der Waals surface area contributed by atoms with Crippen molar-refractivity contribution >= 4 is 11.6 Å². The van der Waals surface area contributed by atoms with Crippen LogP contribution in [0.25, 0.3) is 0 Å². The third-order valence-electron chi connectivity index (χ3n) is 3.42. The van der Waals surface area contributed by atoms with Gasteiger partial charge in [-0.3, -0.25) is 4.79 Å². The smallest absolute Gasteiger partial charge is 0.223 e. The second kappa shape index (κ2) is 7.58. The van der Waals surface area contributed by atoms with E-state index in [0.717, 1.165) is 25.8 Å². The molecule has 1 atom stereocenters. The van der Waals surface area contributed by atoms with Gasteiger partial charge < -0.3 is 15.8 Å². The summed E-state index contributed by atoms with van der Waals surface area (Å²) in [6, 6.07) is 7.23. The van der Waals surface area contributed by atoms with Crippen molar-refractivity contribution < 1.29 is 9.53 Å². The Hall–Kier alpha value is -1.97. The van der Waals surface area contributed by atoms with Gasteiger partial charge in [0, 0.05) is 18.3 Å². The molecule has 0 saturated carbocycles. The van der Waals surface area contributed by atoms with E-state index in [1.165, 1.54) is 0 Å². The van der Waals surface area contributed by atoms with E-state index in [2.05, 4.69) is 17.5 Å². The van der Waals surface area contributed by atoms with Gasteiger partial charge in [0.2, 0.25) is 5.91 Å². The number of nitrogen functional groups attached to an aromatic ring is 1. The number of hydrogen-bond donors (Lipinski definition) is 2. The molecular formula is C16H22N2O2. The summed E-state index contributed by atoms with van der Waals surface area (Å²) in [6.45, 7) is 1.14. The molecule has 3 N–H and O–H groups in total. The molecule has 0 spiro atoms. The lowest BCUT2D eigenvalue weighted by Crippen LogP contribution is -2.30. The molecule has 0 aliphatic heterocycles. The van der Waals surface area contributed by atoms with Gasteiger partial charge in [-0.15, -0.1) is 0 Å².